The van der Waals surface area contributed by atoms with Gasteiger partial charge in [-0.2, -0.15) is 0 Å². The number of fused-ring (bicyclic) bond motifs is 1. The summed E-state index contributed by atoms with van der Waals surface area (Å²) in [5.41, 5.74) is 7.92. The van der Waals surface area contributed by atoms with E-state index in [4.69, 9.17) is 22.4 Å². The minimum absolute atomic E-state index is 0.0309. The molecule has 0 saturated carbocycles. The Kier molecular flexibility index (Phi) is 4.39. The van der Waals surface area contributed by atoms with E-state index in [1.165, 1.54) is 12.1 Å². The Hall–Kier alpha value is -2.97. The maximum atomic E-state index is 11.1. The molecule has 128 valence electrons. The summed E-state index contributed by atoms with van der Waals surface area (Å²) in [5.74, 6) is -1.13. The second kappa shape index (κ2) is 6.50. The Morgan fingerprint density at radius 1 is 1.32 bits per heavy atom. The van der Waals surface area contributed by atoms with Crippen LogP contribution in [0.3, 0.4) is 0 Å². The van der Waals surface area contributed by atoms with Gasteiger partial charge in [0.1, 0.15) is 11.7 Å². The summed E-state index contributed by atoms with van der Waals surface area (Å²) in [5, 5.41) is 20.4. The number of carbonyl (C=O) groups is 1. The molecule has 0 spiro atoms. The largest absolute Gasteiger partial charge is 0.480 e. The molecular formula is C16H13ClN4O4. The molecule has 3 aromatic rings. The molecule has 0 aliphatic carbocycles. The van der Waals surface area contributed by atoms with Crippen molar-refractivity contribution in [2.24, 2.45) is 5.73 Å². The summed E-state index contributed by atoms with van der Waals surface area (Å²) in [6.07, 6.45) is 1.66. The molecule has 25 heavy (non-hydrogen) atoms. The van der Waals surface area contributed by atoms with Crippen LogP contribution < -0.4 is 5.73 Å². The molecule has 0 saturated heterocycles. The van der Waals surface area contributed by atoms with Gasteiger partial charge in [0.15, 0.2) is 0 Å². The summed E-state index contributed by atoms with van der Waals surface area (Å²) in [4.78, 5) is 25.9. The van der Waals surface area contributed by atoms with E-state index in [0.29, 0.717) is 27.6 Å². The van der Waals surface area contributed by atoms with Gasteiger partial charge in [-0.05, 0) is 24.3 Å². The number of benzene rings is 1. The molecule has 9 heteroatoms. The highest BCUT2D eigenvalue weighted by atomic mass is 35.5. The molecule has 1 unspecified atom stereocenters. The molecule has 1 aromatic carbocycles. The van der Waals surface area contributed by atoms with Gasteiger partial charge in [-0.3, -0.25) is 14.9 Å². The number of hydrogen-bond donors (Lipinski definition) is 2. The van der Waals surface area contributed by atoms with Crippen molar-refractivity contribution in [3.8, 4) is 11.3 Å². The van der Waals surface area contributed by atoms with Crippen molar-refractivity contribution in [1.82, 2.24) is 9.38 Å². The average molecular weight is 361 g/mol. The number of halogens is 1. The molecule has 0 amide bonds. The molecule has 0 fully saturated rings. The number of nitrogens with two attached hydrogens (primary N) is 1. The molecule has 0 radical (unpaired) electrons. The SMILES string of the molecule is NC(Cc1c(-c2ccc([N+](=O)[O-])cc2)nc2ccc(Cl)cn12)C(=O)O. The van der Waals surface area contributed by atoms with Crippen LogP contribution in [-0.4, -0.2) is 31.4 Å². The van der Waals surface area contributed by atoms with E-state index in [2.05, 4.69) is 4.98 Å². The molecule has 3 rings (SSSR count). The summed E-state index contributed by atoms with van der Waals surface area (Å²) in [6, 6.07) is 8.13. The fraction of sp³-hybridized carbons (Fsp3) is 0.125. The van der Waals surface area contributed by atoms with Crippen molar-refractivity contribution in [3.63, 3.8) is 0 Å². The van der Waals surface area contributed by atoms with E-state index in [-0.39, 0.29) is 12.1 Å². The van der Waals surface area contributed by atoms with Crippen molar-refractivity contribution in [1.29, 1.82) is 0 Å². The first kappa shape index (κ1) is 16.9. The number of nitro benzene ring substituents is 1. The van der Waals surface area contributed by atoms with Crippen LogP contribution in [0.1, 0.15) is 5.69 Å². The fourth-order valence-electron chi connectivity index (χ4n) is 2.53. The highest BCUT2D eigenvalue weighted by Crippen LogP contribution is 2.28. The molecule has 3 N–H and O–H groups in total. The molecule has 0 aliphatic heterocycles. The second-order valence-corrected chi connectivity index (χ2v) is 5.87. The van der Waals surface area contributed by atoms with Crippen molar-refractivity contribution < 1.29 is 14.8 Å². The minimum Gasteiger partial charge on any atom is -0.480 e. The van der Waals surface area contributed by atoms with Gasteiger partial charge in [0.05, 0.1) is 21.3 Å². The molecule has 2 aromatic heterocycles. The number of rotatable bonds is 5. The van der Waals surface area contributed by atoms with Crippen molar-refractivity contribution >= 4 is 28.9 Å². The lowest BCUT2D eigenvalue weighted by Crippen LogP contribution is -2.32. The van der Waals surface area contributed by atoms with Crippen molar-refractivity contribution in [2.45, 2.75) is 12.5 Å². The van der Waals surface area contributed by atoms with Crippen LogP contribution in [0.2, 0.25) is 5.02 Å². The molecule has 0 aliphatic rings. The van der Waals surface area contributed by atoms with Gasteiger partial charge in [0.25, 0.3) is 5.69 Å². The Bertz CT molecular complexity index is 968. The summed E-state index contributed by atoms with van der Waals surface area (Å²) in [6.45, 7) is 0. The molecular weight excluding hydrogens is 348 g/mol. The zero-order valence-corrected chi connectivity index (χ0v) is 13.6. The monoisotopic (exact) mass is 360 g/mol. The lowest BCUT2D eigenvalue weighted by molar-refractivity contribution is -0.384. The van der Waals surface area contributed by atoms with Crippen LogP contribution in [0.4, 0.5) is 5.69 Å². The highest BCUT2D eigenvalue weighted by Gasteiger charge is 2.21. The van der Waals surface area contributed by atoms with Crippen LogP contribution in [-0.2, 0) is 11.2 Å². The number of aliphatic carboxylic acids is 1. The minimum atomic E-state index is -1.13. The molecule has 2 heterocycles. The van der Waals surface area contributed by atoms with E-state index in [9.17, 15) is 14.9 Å². The Morgan fingerprint density at radius 2 is 2.00 bits per heavy atom. The van der Waals surface area contributed by atoms with Crippen LogP contribution in [0.5, 0.6) is 0 Å². The topological polar surface area (TPSA) is 124 Å². The lowest BCUT2D eigenvalue weighted by Gasteiger charge is -2.09. The first-order valence-electron chi connectivity index (χ1n) is 7.26. The number of carboxylic acids is 1. The van der Waals surface area contributed by atoms with E-state index in [1.54, 1.807) is 34.9 Å². The number of nitrogens with zero attached hydrogens (tertiary/aromatic N) is 3. The van der Waals surface area contributed by atoms with Crippen LogP contribution in [0.25, 0.3) is 16.9 Å². The Morgan fingerprint density at radius 3 is 2.60 bits per heavy atom. The van der Waals surface area contributed by atoms with Crippen LogP contribution in [0, 0.1) is 10.1 Å². The standard InChI is InChI=1S/C16H13ClN4O4/c17-10-3-6-14-19-15(9-1-4-11(5-2-9)21(24)25)13(20(14)8-10)7-12(18)16(22)23/h1-6,8,12H,7,18H2,(H,22,23). The number of carboxylic acid groups (broad SMARTS) is 1. The summed E-state index contributed by atoms with van der Waals surface area (Å²) < 4.78 is 1.68. The van der Waals surface area contributed by atoms with Gasteiger partial charge in [0.2, 0.25) is 0 Å². The van der Waals surface area contributed by atoms with E-state index >= 15 is 0 Å². The number of aromatic nitrogens is 2. The lowest BCUT2D eigenvalue weighted by atomic mass is 10.1. The van der Waals surface area contributed by atoms with Gasteiger partial charge in [-0.1, -0.05) is 11.6 Å². The Labute approximate surface area is 146 Å². The predicted molar refractivity (Wildman–Crippen MR) is 91.6 cm³/mol. The van der Waals surface area contributed by atoms with Crippen LogP contribution in [0.15, 0.2) is 42.6 Å². The van der Waals surface area contributed by atoms with Gasteiger partial charge in [-0.15, -0.1) is 0 Å². The smallest absolute Gasteiger partial charge is 0.320 e. The first-order chi connectivity index (χ1) is 11.9. The number of nitro groups is 1. The molecule has 8 nitrogen and oxygen atoms in total. The Balaban J connectivity index is 2.15. The summed E-state index contributed by atoms with van der Waals surface area (Å²) in [7, 11) is 0. The first-order valence-corrected chi connectivity index (χ1v) is 7.64. The third kappa shape index (κ3) is 3.30. The number of hydrogen-bond acceptors (Lipinski definition) is 5. The predicted octanol–water partition coefficient (Wildman–Crippen LogP) is 2.52. The third-order valence-electron chi connectivity index (χ3n) is 3.76. The molecule has 1 atom stereocenters. The van der Waals surface area contributed by atoms with E-state index in [0.717, 1.165) is 0 Å². The van der Waals surface area contributed by atoms with Gasteiger partial charge < -0.3 is 15.2 Å². The highest BCUT2D eigenvalue weighted by molar-refractivity contribution is 6.30. The normalized spacial score (nSPS) is 12.2. The fourth-order valence-corrected chi connectivity index (χ4v) is 2.69. The molecule has 0 bridgehead atoms. The second-order valence-electron chi connectivity index (χ2n) is 5.44. The van der Waals surface area contributed by atoms with Crippen molar-refractivity contribution in [2.75, 3.05) is 0 Å². The van der Waals surface area contributed by atoms with Gasteiger partial charge in [0, 0.05) is 30.3 Å². The average Bonchev–Trinajstić information content (AvgIpc) is 2.92. The quantitative estimate of drug-likeness (QED) is 0.532. The van der Waals surface area contributed by atoms with E-state index < -0.39 is 16.9 Å². The zero-order valence-electron chi connectivity index (χ0n) is 12.8. The zero-order chi connectivity index (χ0) is 18.1. The van der Waals surface area contributed by atoms with Gasteiger partial charge >= 0.3 is 5.97 Å². The maximum absolute atomic E-state index is 11.1. The maximum Gasteiger partial charge on any atom is 0.320 e. The number of non-ortho nitro benzene ring substituents is 1. The third-order valence-corrected chi connectivity index (χ3v) is 3.99. The number of imidazole rings is 1. The van der Waals surface area contributed by atoms with Crippen LogP contribution >= 0.6 is 11.6 Å². The summed E-state index contributed by atoms with van der Waals surface area (Å²) >= 11 is 6.03. The van der Waals surface area contributed by atoms with E-state index in [1.807, 2.05) is 0 Å². The number of pyridine rings is 1. The van der Waals surface area contributed by atoms with Crippen molar-refractivity contribution in [3.05, 3.63) is 63.4 Å². The van der Waals surface area contributed by atoms with Gasteiger partial charge in [-0.25, -0.2) is 4.98 Å².